The number of rotatable bonds is 5. The van der Waals surface area contributed by atoms with Crippen molar-refractivity contribution in [2.24, 2.45) is 0 Å². The minimum absolute atomic E-state index is 0.0932. The zero-order valence-electron chi connectivity index (χ0n) is 11.9. The number of methoxy groups -OCH3 is 1. The van der Waals surface area contributed by atoms with Crippen molar-refractivity contribution >= 4 is 11.6 Å². The van der Waals surface area contributed by atoms with E-state index in [4.69, 9.17) is 4.74 Å². The molecule has 7 heteroatoms. The van der Waals surface area contributed by atoms with E-state index in [2.05, 4.69) is 0 Å². The number of aliphatic hydroxyl groups excluding tert-OH is 1. The van der Waals surface area contributed by atoms with Gasteiger partial charge in [-0.05, 0) is 26.0 Å². The van der Waals surface area contributed by atoms with Crippen molar-refractivity contribution in [3.8, 4) is 5.75 Å². The molecule has 0 fully saturated rings. The van der Waals surface area contributed by atoms with Crippen LogP contribution in [0.1, 0.15) is 24.2 Å². The van der Waals surface area contributed by atoms with Crippen LogP contribution in [0.4, 0.5) is 5.69 Å². The van der Waals surface area contributed by atoms with Crippen molar-refractivity contribution < 1.29 is 19.6 Å². The first-order chi connectivity index (χ1) is 9.24. The van der Waals surface area contributed by atoms with Gasteiger partial charge in [-0.15, -0.1) is 0 Å². The maximum absolute atomic E-state index is 12.3. The van der Waals surface area contributed by atoms with Gasteiger partial charge in [-0.3, -0.25) is 14.9 Å². The zero-order valence-corrected chi connectivity index (χ0v) is 11.9. The first-order valence-electron chi connectivity index (χ1n) is 5.96. The number of hydrogen-bond acceptors (Lipinski definition) is 5. The van der Waals surface area contributed by atoms with E-state index < -0.39 is 16.4 Å². The Morgan fingerprint density at radius 3 is 2.55 bits per heavy atom. The molecule has 7 nitrogen and oxygen atoms in total. The summed E-state index contributed by atoms with van der Waals surface area (Å²) in [7, 11) is 2.86. The highest BCUT2D eigenvalue weighted by atomic mass is 16.6. The average molecular weight is 282 g/mol. The number of aliphatic hydroxyl groups is 1. The number of nitrogens with zero attached hydrogens (tertiary/aromatic N) is 2. The quantitative estimate of drug-likeness (QED) is 0.651. The molecule has 0 saturated carbocycles. The topological polar surface area (TPSA) is 92.9 Å². The molecule has 0 saturated heterocycles. The molecule has 0 heterocycles. The fourth-order valence-corrected chi connectivity index (χ4v) is 1.54. The van der Waals surface area contributed by atoms with Crippen LogP contribution in [0.25, 0.3) is 0 Å². The predicted molar refractivity (Wildman–Crippen MR) is 72.9 cm³/mol. The number of nitro benzene ring substituents is 1. The summed E-state index contributed by atoms with van der Waals surface area (Å²) in [6, 6.07) is 4.01. The summed E-state index contributed by atoms with van der Waals surface area (Å²) in [6.07, 6.45) is 0. The molecule has 1 aromatic carbocycles. The molecule has 0 bridgehead atoms. The summed E-state index contributed by atoms with van der Waals surface area (Å²) in [5, 5.41) is 20.2. The molecule has 0 aliphatic heterocycles. The lowest BCUT2D eigenvalue weighted by Crippen LogP contribution is -2.47. The summed E-state index contributed by atoms with van der Waals surface area (Å²) in [5.41, 5.74) is -0.860. The molecule has 110 valence electrons. The summed E-state index contributed by atoms with van der Waals surface area (Å²) in [5.74, 6) is -0.314. The van der Waals surface area contributed by atoms with Crippen LogP contribution in [0.2, 0.25) is 0 Å². The molecule has 0 unspecified atom stereocenters. The molecule has 20 heavy (non-hydrogen) atoms. The molecular weight excluding hydrogens is 264 g/mol. The summed E-state index contributed by atoms with van der Waals surface area (Å²) < 4.78 is 4.88. The fourth-order valence-electron chi connectivity index (χ4n) is 1.54. The summed E-state index contributed by atoms with van der Waals surface area (Å²) in [4.78, 5) is 24.0. The molecule has 1 aromatic rings. The van der Waals surface area contributed by atoms with Gasteiger partial charge in [0.15, 0.2) is 5.75 Å². The minimum atomic E-state index is -0.758. The molecule has 0 aromatic heterocycles. The van der Waals surface area contributed by atoms with E-state index in [1.165, 1.54) is 37.3 Å². The van der Waals surface area contributed by atoms with Crippen LogP contribution in [0.5, 0.6) is 5.75 Å². The molecule has 1 amide bonds. The van der Waals surface area contributed by atoms with Crippen LogP contribution in [0.3, 0.4) is 0 Å². The SMILES string of the molecule is COc1ccc(C(=O)N(C)C(C)(C)CO)cc1[N+](=O)[O-]. The molecular formula is C13H18N2O5. The third kappa shape index (κ3) is 3.05. The Hall–Kier alpha value is -2.15. The van der Waals surface area contributed by atoms with Crippen molar-refractivity contribution in [1.29, 1.82) is 0 Å². The number of ether oxygens (including phenoxy) is 1. The molecule has 1 N–H and O–H groups in total. The Kier molecular flexibility index (Phi) is 4.67. The van der Waals surface area contributed by atoms with Gasteiger partial charge in [0.2, 0.25) is 0 Å². The highest BCUT2D eigenvalue weighted by Crippen LogP contribution is 2.28. The maximum Gasteiger partial charge on any atom is 0.311 e. The lowest BCUT2D eigenvalue weighted by Gasteiger charge is -2.33. The van der Waals surface area contributed by atoms with Crippen LogP contribution in [0, 0.1) is 10.1 Å². The van der Waals surface area contributed by atoms with E-state index in [0.29, 0.717) is 0 Å². The monoisotopic (exact) mass is 282 g/mol. The number of carbonyl (C=O) groups is 1. The first-order valence-corrected chi connectivity index (χ1v) is 5.96. The summed E-state index contributed by atoms with van der Waals surface area (Å²) in [6.45, 7) is 3.18. The van der Waals surface area contributed by atoms with E-state index in [0.717, 1.165) is 0 Å². The van der Waals surface area contributed by atoms with Gasteiger partial charge in [0.1, 0.15) is 0 Å². The Balaban J connectivity index is 3.18. The number of carbonyl (C=O) groups excluding carboxylic acids is 1. The lowest BCUT2D eigenvalue weighted by atomic mass is 10.0. The van der Waals surface area contributed by atoms with Gasteiger partial charge in [-0.25, -0.2) is 0 Å². The van der Waals surface area contributed by atoms with Gasteiger partial charge in [-0.2, -0.15) is 0 Å². The van der Waals surface area contributed by atoms with Gasteiger partial charge in [-0.1, -0.05) is 0 Å². The fraction of sp³-hybridized carbons (Fsp3) is 0.462. The standard InChI is InChI=1S/C13H18N2O5/c1-13(2,8-16)14(3)12(17)9-5-6-11(20-4)10(7-9)15(18)19/h5-7,16H,8H2,1-4H3. The smallest absolute Gasteiger partial charge is 0.311 e. The van der Waals surface area contributed by atoms with Gasteiger partial charge >= 0.3 is 5.69 Å². The number of nitro groups is 1. The lowest BCUT2D eigenvalue weighted by molar-refractivity contribution is -0.385. The van der Waals surface area contributed by atoms with Crippen molar-refractivity contribution in [2.45, 2.75) is 19.4 Å². The third-order valence-electron chi connectivity index (χ3n) is 3.22. The minimum Gasteiger partial charge on any atom is -0.490 e. The number of amides is 1. The van der Waals surface area contributed by atoms with E-state index in [1.807, 2.05) is 0 Å². The van der Waals surface area contributed by atoms with Gasteiger partial charge in [0, 0.05) is 18.7 Å². The first kappa shape index (κ1) is 15.9. The Morgan fingerprint density at radius 1 is 1.50 bits per heavy atom. The van der Waals surface area contributed by atoms with Gasteiger partial charge in [0.05, 0.1) is 24.2 Å². The number of hydrogen-bond donors (Lipinski definition) is 1. The second-order valence-corrected chi connectivity index (χ2v) is 4.98. The van der Waals surface area contributed by atoms with E-state index in [1.54, 1.807) is 13.8 Å². The van der Waals surface area contributed by atoms with Crippen molar-refractivity contribution in [2.75, 3.05) is 20.8 Å². The second kappa shape index (κ2) is 5.87. The molecule has 1 rings (SSSR count). The molecule has 0 spiro atoms. The Morgan fingerprint density at radius 2 is 2.10 bits per heavy atom. The van der Waals surface area contributed by atoms with Gasteiger partial charge in [0.25, 0.3) is 5.91 Å². The molecule has 0 aliphatic carbocycles. The van der Waals surface area contributed by atoms with Crippen molar-refractivity contribution in [3.05, 3.63) is 33.9 Å². The normalized spacial score (nSPS) is 11.1. The Bertz CT molecular complexity index is 527. The van der Waals surface area contributed by atoms with E-state index in [9.17, 15) is 20.0 Å². The van der Waals surface area contributed by atoms with Crippen LogP contribution >= 0.6 is 0 Å². The van der Waals surface area contributed by atoms with Gasteiger partial charge < -0.3 is 14.7 Å². The molecule has 0 aliphatic rings. The largest absolute Gasteiger partial charge is 0.490 e. The van der Waals surface area contributed by atoms with E-state index >= 15 is 0 Å². The highest BCUT2D eigenvalue weighted by Gasteiger charge is 2.29. The average Bonchev–Trinajstić information content (AvgIpc) is 2.44. The van der Waals surface area contributed by atoms with Crippen LogP contribution in [-0.2, 0) is 0 Å². The summed E-state index contributed by atoms with van der Waals surface area (Å²) >= 11 is 0. The Labute approximate surface area is 116 Å². The highest BCUT2D eigenvalue weighted by molar-refractivity contribution is 5.95. The second-order valence-electron chi connectivity index (χ2n) is 4.98. The van der Waals surface area contributed by atoms with Crippen molar-refractivity contribution in [1.82, 2.24) is 4.90 Å². The predicted octanol–water partition coefficient (Wildman–Crippen LogP) is 1.45. The number of likely N-dealkylation sites (N-methyl/N-ethyl adjacent to an activating group) is 1. The van der Waals surface area contributed by atoms with E-state index in [-0.39, 0.29) is 23.6 Å². The van der Waals surface area contributed by atoms with Crippen molar-refractivity contribution in [3.63, 3.8) is 0 Å². The third-order valence-corrected chi connectivity index (χ3v) is 3.22. The molecule has 0 atom stereocenters. The van der Waals surface area contributed by atoms with Crippen LogP contribution in [0.15, 0.2) is 18.2 Å². The maximum atomic E-state index is 12.3. The number of benzene rings is 1. The molecule has 0 radical (unpaired) electrons. The zero-order chi connectivity index (χ0) is 15.5. The van der Waals surface area contributed by atoms with Crippen LogP contribution in [-0.4, -0.2) is 47.1 Å². The van der Waals surface area contributed by atoms with Crippen LogP contribution < -0.4 is 4.74 Å².